The fourth-order valence-corrected chi connectivity index (χ4v) is 6.08. The number of aliphatic hydroxyl groups excluding tert-OH is 1. The van der Waals surface area contributed by atoms with Crippen molar-refractivity contribution < 1.29 is 58.8 Å². The van der Waals surface area contributed by atoms with Gasteiger partial charge in [0, 0.05) is 19.4 Å². The van der Waals surface area contributed by atoms with Crippen LogP contribution in [-0.2, 0) is 44.8 Å². The summed E-state index contributed by atoms with van der Waals surface area (Å²) >= 11 is 0. The lowest BCUT2D eigenvalue weighted by atomic mass is 10.0. The summed E-state index contributed by atoms with van der Waals surface area (Å²) in [6, 6.07) is -1.82. The normalized spacial score (nSPS) is 17.2. The molecule has 1 aliphatic rings. The van der Waals surface area contributed by atoms with E-state index >= 15 is 0 Å². The van der Waals surface area contributed by atoms with E-state index < -0.39 is 96.3 Å². The summed E-state index contributed by atoms with van der Waals surface area (Å²) in [5.41, 5.74) is 6.29. The van der Waals surface area contributed by atoms with E-state index in [0.29, 0.717) is 12.0 Å². The molecule has 7 atom stereocenters. The Kier molecular flexibility index (Phi) is 18.7. The zero-order valence-electron chi connectivity index (χ0n) is 32.4. The second-order valence-corrected chi connectivity index (χ2v) is 14.9. The molecule has 1 saturated heterocycles. The predicted octanol–water partition coefficient (Wildman–Crippen LogP) is -1.27. The molecule has 1 fully saturated rings. The van der Waals surface area contributed by atoms with Crippen LogP contribution in [0.5, 0.6) is 5.75 Å². The molecule has 1 heterocycles. The molecule has 0 saturated carbocycles. The smallest absolute Gasteiger partial charge is 0.326 e. The van der Waals surface area contributed by atoms with E-state index in [9.17, 15) is 53.7 Å². The highest BCUT2D eigenvalue weighted by Gasteiger charge is 2.38. The topological polar surface area (TPSA) is 307 Å². The number of carboxylic acid groups (broad SMARTS) is 2. The Balaban J connectivity index is 2.21. The molecule has 0 aromatic heterocycles. The van der Waals surface area contributed by atoms with Crippen molar-refractivity contribution >= 4 is 47.4 Å². The molecule has 312 valence electrons. The summed E-state index contributed by atoms with van der Waals surface area (Å²) in [5, 5.41) is 51.1. The number of rotatable bonds is 22. The van der Waals surface area contributed by atoms with Crippen LogP contribution in [0.2, 0.25) is 0 Å². The lowest BCUT2D eigenvalue weighted by Gasteiger charge is -2.29. The number of aliphatic hydroxyl groups is 1. The van der Waals surface area contributed by atoms with E-state index in [2.05, 4.69) is 26.6 Å². The molecule has 19 nitrogen and oxygen atoms in total. The lowest BCUT2D eigenvalue weighted by Crippen LogP contribution is -2.60. The van der Waals surface area contributed by atoms with Gasteiger partial charge in [0.15, 0.2) is 0 Å². The number of nitrogens with one attached hydrogen (secondary N) is 5. The summed E-state index contributed by atoms with van der Waals surface area (Å²) in [7, 11) is 0. The first-order valence-electron chi connectivity index (χ1n) is 18.6. The van der Waals surface area contributed by atoms with Gasteiger partial charge >= 0.3 is 11.9 Å². The van der Waals surface area contributed by atoms with Gasteiger partial charge in [0.2, 0.25) is 35.4 Å². The third kappa shape index (κ3) is 15.4. The Morgan fingerprint density at radius 3 is 1.93 bits per heavy atom. The molecule has 0 spiro atoms. The molecule has 0 bridgehead atoms. The number of nitrogens with two attached hydrogens (primary N) is 1. The van der Waals surface area contributed by atoms with Crippen LogP contribution in [0.1, 0.15) is 78.7 Å². The fraction of sp³-hybridized carbons (Fsp3) is 0.622. The summed E-state index contributed by atoms with van der Waals surface area (Å²) in [4.78, 5) is 104. The standard InChI is InChI=1S/C37H57N7O12/c1-19(2)15-25(40-32(50)24(38)12-13-30(48)49)33(51)39-18-29(47)44-14-6-7-28(44)35(53)41-26(17-22-8-10-23(46)11-9-22)34(52)43-31(21(5)45)36(54)42-27(37(55)56)16-20(3)4/h8-11,19-21,24-28,31,45-46H,6-7,12-18,38H2,1-5H3,(H,39,51)(H,40,50)(H,41,53)(H,42,54)(H,43,52)(H,48,49)(H,55,56)/t21-,24+,25+,26+,27+,28+,31+/m1/s1. The largest absolute Gasteiger partial charge is 0.508 e. The van der Waals surface area contributed by atoms with Crippen molar-refractivity contribution in [1.82, 2.24) is 31.5 Å². The van der Waals surface area contributed by atoms with Crippen molar-refractivity contribution in [2.45, 2.75) is 122 Å². The van der Waals surface area contributed by atoms with E-state index in [4.69, 9.17) is 10.8 Å². The fourth-order valence-electron chi connectivity index (χ4n) is 6.08. The zero-order chi connectivity index (χ0) is 42.3. The van der Waals surface area contributed by atoms with Crippen LogP contribution in [0.25, 0.3) is 0 Å². The van der Waals surface area contributed by atoms with Gasteiger partial charge < -0.3 is 57.6 Å². The molecule has 19 heteroatoms. The Morgan fingerprint density at radius 1 is 0.786 bits per heavy atom. The monoisotopic (exact) mass is 791 g/mol. The van der Waals surface area contributed by atoms with Gasteiger partial charge in [0.25, 0.3) is 0 Å². The number of benzene rings is 1. The number of carboxylic acids is 2. The maximum Gasteiger partial charge on any atom is 0.326 e. The van der Waals surface area contributed by atoms with Crippen LogP contribution >= 0.6 is 0 Å². The number of aliphatic carboxylic acids is 2. The highest BCUT2D eigenvalue weighted by atomic mass is 16.4. The average molecular weight is 792 g/mol. The summed E-state index contributed by atoms with van der Waals surface area (Å²) < 4.78 is 0. The maximum absolute atomic E-state index is 13.7. The van der Waals surface area contributed by atoms with Gasteiger partial charge in [-0.05, 0) is 68.6 Å². The molecular formula is C37H57N7O12. The quantitative estimate of drug-likeness (QED) is 0.0656. The Hall–Kier alpha value is -5.30. The van der Waals surface area contributed by atoms with Crippen molar-refractivity contribution in [2.75, 3.05) is 13.1 Å². The van der Waals surface area contributed by atoms with E-state index in [-0.39, 0.29) is 62.7 Å². The molecule has 1 aromatic rings. The third-order valence-corrected chi connectivity index (χ3v) is 9.03. The minimum Gasteiger partial charge on any atom is -0.508 e. The van der Waals surface area contributed by atoms with Crippen LogP contribution in [0.15, 0.2) is 24.3 Å². The van der Waals surface area contributed by atoms with Gasteiger partial charge in [0.05, 0.1) is 18.7 Å². The van der Waals surface area contributed by atoms with Crippen LogP contribution in [0, 0.1) is 11.8 Å². The van der Waals surface area contributed by atoms with Crippen molar-refractivity contribution in [3.63, 3.8) is 0 Å². The second-order valence-electron chi connectivity index (χ2n) is 14.9. The predicted molar refractivity (Wildman–Crippen MR) is 200 cm³/mol. The zero-order valence-corrected chi connectivity index (χ0v) is 32.4. The number of carbonyl (C=O) groups excluding carboxylic acids is 6. The van der Waals surface area contributed by atoms with Crippen LogP contribution < -0.4 is 32.3 Å². The van der Waals surface area contributed by atoms with E-state index in [0.717, 1.165) is 0 Å². The minimum absolute atomic E-state index is 0.0524. The van der Waals surface area contributed by atoms with E-state index in [1.807, 2.05) is 13.8 Å². The number of carbonyl (C=O) groups is 8. The van der Waals surface area contributed by atoms with Crippen LogP contribution in [0.4, 0.5) is 0 Å². The van der Waals surface area contributed by atoms with Gasteiger partial charge in [-0.3, -0.25) is 33.6 Å². The Labute approximate surface area is 325 Å². The molecule has 0 aliphatic carbocycles. The highest BCUT2D eigenvalue weighted by molar-refractivity contribution is 5.96. The first kappa shape index (κ1) is 46.9. The molecular weight excluding hydrogens is 734 g/mol. The van der Waals surface area contributed by atoms with Gasteiger partial charge in [-0.2, -0.15) is 0 Å². The first-order chi connectivity index (χ1) is 26.2. The van der Waals surface area contributed by atoms with Gasteiger partial charge in [-0.25, -0.2) is 4.79 Å². The number of phenolic OH excluding ortho intramolecular Hbond substituents is 1. The van der Waals surface area contributed by atoms with E-state index in [1.54, 1.807) is 13.8 Å². The van der Waals surface area contributed by atoms with Crippen molar-refractivity contribution in [3.05, 3.63) is 29.8 Å². The highest BCUT2D eigenvalue weighted by Crippen LogP contribution is 2.19. The first-order valence-corrected chi connectivity index (χ1v) is 18.6. The summed E-state index contributed by atoms with van der Waals surface area (Å²) in [6.45, 7) is 8.00. The number of hydrogen-bond donors (Lipinski definition) is 10. The van der Waals surface area contributed by atoms with Crippen molar-refractivity contribution in [1.29, 1.82) is 0 Å². The second kappa shape index (κ2) is 22.3. The Bertz CT molecular complexity index is 1550. The molecule has 1 aromatic carbocycles. The van der Waals surface area contributed by atoms with Gasteiger partial charge in [0.1, 0.15) is 36.0 Å². The molecule has 56 heavy (non-hydrogen) atoms. The summed E-state index contributed by atoms with van der Waals surface area (Å²) in [6.07, 6.45) is -1.21. The third-order valence-electron chi connectivity index (χ3n) is 9.03. The molecule has 1 aliphatic heterocycles. The average Bonchev–Trinajstić information content (AvgIpc) is 3.61. The molecule has 11 N–H and O–H groups in total. The SMILES string of the molecule is CC(C)C[C@H](NC(=O)[C@@H](NC(=O)[C@H](Cc1ccc(O)cc1)NC(=O)[C@@H]1CCCN1C(=O)CNC(=O)[C@H](CC(C)C)NC(=O)[C@@H](N)CCC(=O)O)[C@@H](C)O)C(=O)O. The number of hydrogen-bond acceptors (Lipinski definition) is 11. The number of phenols is 1. The summed E-state index contributed by atoms with van der Waals surface area (Å²) in [5.74, 6) is -7.25. The lowest BCUT2D eigenvalue weighted by molar-refractivity contribution is -0.143. The maximum atomic E-state index is 13.7. The number of nitrogens with zero attached hydrogens (tertiary/aromatic N) is 1. The van der Waals surface area contributed by atoms with Gasteiger partial charge in [-0.1, -0.05) is 39.8 Å². The minimum atomic E-state index is -1.60. The van der Waals surface area contributed by atoms with Crippen molar-refractivity contribution in [2.24, 2.45) is 17.6 Å². The van der Waals surface area contributed by atoms with Gasteiger partial charge in [-0.15, -0.1) is 0 Å². The molecule has 0 radical (unpaired) electrons. The Morgan fingerprint density at radius 2 is 1.38 bits per heavy atom. The number of aromatic hydroxyl groups is 1. The molecule has 0 unspecified atom stereocenters. The number of likely N-dealkylation sites (tertiary alicyclic amines) is 1. The molecule has 2 rings (SSSR count). The van der Waals surface area contributed by atoms with Crippen LogP contribution in [0.3, 0.4) is 0 Å². The molecule has 6 amide bonds. The van der Waals surface area contributed by atoms with Crippen molar-refractivity contribution in [3.8, 4) is 5.75 Å². The van der Waals surface area contributed by atoms with E-state index in [1.165, 1.54) is 36.1 Å². The van der Waals surface area contributed by atoms with Crippen LogP contribution in [-0.4, -0.2) is 128 Å². The number of amides is 6.